The van der Waals surface area contributed by atoms with Gasteiger partial charge in [0, 0.05) is 14.2 Å². The minimum absolute atomic E-state index is 0.176. The minimum Gasteiger partial charge on any atom is -0.498 e. The number of ether oxygens (including phenoxy) is 3. The molecule has 0 aliphatic carbocycles. The molecule has 9 heteroatoms. The molecular weight excluding hydrogens is 319 g/mol. The molecule has 0 saturated carbocycles. The Morgan fingerprint density at radius 1 is 1.26 bits per heavy atom. The number of hydrogen-bond donors (Lipinski definition) is 2. The Morgan fingerprint density at radius 3 is 2.48 bits per heavy atom. The van der Waals surface area contributed by atoms with E-state index in [9.17, 15) is 8.42 Å². The van der Waals surface area contributed by atoms with Gasteiger partial charge in [-0.1, -0.05) is 17.7 Å². The highest BCUT2D eigenvalue weighted by Gasteiger charge is 2.35. The summed E-state index contributed by atoms with van der Waals surface area (Å²) < 4.78 is 40.7. The lowest BCUT2D eigenvalue weighted by Gasteiger charge is -2.20. The predicted octanol–water partition coefficient (Wildman–Crippen LogP) is -0.360. The summed E-state index contributed by atoms with van der Waals surface area (Å²) in [4.78, 5) is 2.53. The normalized spacial score (nSPS) is 21.3. The van der Waals surface area contributed by atoms with Crippen LogP contribution < -0.4 is 10.3 Å². The number of hydrazine groups is 1. The Morgan fingerprint density at radius 2 is 1.91 bits per heavy atom. The highest BCUT2D eigenvalue weighted by molar-refractivity contribution is 7.89. The average Bonchev–Trinajstić information content (AvgIpc) is 2.81. The molecule has 7 nitrogen and oxygen atoms in total. The Labute approximate surface area is 137 Å². The second kappa shape index (κ2) is 7.35. The van der Waals surface area contributed by atoms with Crippen molar-refractivity contribution in [3.8, 4) is 0 Å². The van der Waals surface area contributed by atoms with Crippen molar-refractivity contribution in [2.75, 3.05) is 20.8 Å². The molecule has 126 valence electrons. The molecule has 0 spiro atoms. The lowest BCUT2D eigenvalue weighted by atomic mass is 10.0. The fourth-order valence-electron chi connectivity index (χ4n) is 2.35. The first-order chi connectivity index (χ1) is 10.9. The summed E-state index contributed by atoms with van der Waals surface area (Å²) in [5, 5.41) is 0. The van der Waals surface area contributed by atoms with Crippen LogP contribution in [0.15, 0.2) is 40.5 Å². The van der Waals surface area contributed by atoms with E-state index in [4.69, 9.17) is 14.2 Å². The van der Waals surface area contributed by atoms with E-state index in [1.807, 2.05) is 6.92 Å². The standard InChI is InChI=1S/C14H21BN2O5S/c1-9-4-6-10(7-5-9)23(18,19)17-16-12-13(21-3)11(8-20-2)22-14(12)15/h4-7,11,13,16-17H,8,15H2,1-3H3/t11-,13?/m0/s1. The third-order valence-corrected chi connectivity index (χ3v) is 4.83. The lowest BCUT2D eigenvalue weighted by Crippen LogP contribution is -2.42. The van der Waals surface area contributed by atoms with Crippen LogP contribution in [0.4, 0.5) is 0 Å². The van der Waals surface area contributed by atoms with E-state index < -0.39 is 16.1 Å². The summed E-state index contributed by atoms with van der Waals surface area (Å²) in [6, 6.07) is 6.58. The van der Waals surface area contributed by atoms with Crippen molar-refractivity contribution in [2.24, 2.45) is 0 Å². The molecule has 1 aromatic carbocycles. The van der Waals surface area contributed by atoms with Crippen LogP contribution in [0, 0.1) is 6.92 Å². The molecule has 0 fully saturated rings. The van der Waals surface area contributed by atoms with E-state index in [0.29, 0.717) is 18.0 Å². The van der Waals surface area contributed by atoms with Gasteiger partial charge in [0.25, 0.3) is 10.0 Å². The van der Waals surface area contributed by atoms with Crippen LogP contribution in [-0.4, -0.2) is 49.3 Å². The molecule has 1 aromatic rings. The van der Waals surface area contributed by atoms with Gasteiger partial charge in [0.15, 0.2) is 14.0 Å². The number of aryl methyl sites for hydroxylation is 1. The number of methoxy groups -OCH3 is 2. The average molecular weight is 340 g/mol. The molecule has 0 bridgehead atoms. The van der Waals surface area contributed by atoms with E-state index in [-0.39, 0.29) is 11.0 Å². The molecule has 1 aliphatic rings. The fraction of sp³-hybridized carbons (Fsp3) is 0.429. The van der Waals surface area contributed by atoms with Crippen LogP contribution in [0.1, 0.15) is 5.56 Å². The molecule has 0 saturated heterocycles. The molecule has 0 amide bonds. The number of sulfonamides is 1. The summed E-state index contributed by atoms with van der Waals surface area (Å²) in [6.07, 6.45) is -0.757. The van der Waals surface area contributed by atoms with Gasteiger partial charge in [0.2, 0.25) is 0 Å². The summed E-state index contributed by atoms with van der Waals surface area (Å²) in [7, 11) is 1.15. The number of rotatable bonds is 7. The third kappa shape index (κ3) is 4.05. The van der Waals surface area contributed by atoms with E-state index in [1.54, 1.807) is 39.2 Å². The van der Waals surface area contributed by atoms with Crippen molar-refractivity contribution in [1.29, 1.82) is 0 Å². The van der Waals surface area contributed by atoms with Crippen molar-refractivity contribution < 1.29 is 22.6 Å². The monoisotopic (exact) mass is 340 g/mol. The quantitative estimate of drug-likeness (QED) is 0.521. The zero-order valence-electron chi connectivity index (χ0n) is 13.6. The van der Waals surface area contributed by atoms with Gasteiger partial charge < -0.3 is 19.6 Å². The van der Waals surface area contributed by atoms with Crippen molar-refractivity contribution in [1.82, 2.24) is 10.3 Å². The number of nitrogens with one attached hydrogen (secondary N) is 2. The zero-order valence-corrected chi connectivity index (χ0v) is 14.4. The van der Waals surface area contributed by atoms with E-state index in [0.717, 1.165) is 5.56 Å². The highest BCUT2D eigenvalue weighted by atomic mass is 32.2. The van der Waals surface area contributed by atoms with Crippen molar-refractivity contribution in [3.05, 3.63) is 41.2 Å². The van der Waals surface area contributed by atoms with Crippen LogP contribution in [0.2, 0.25) is 0 Å². The molecule has 2 N–H and O–H groups in total. The Balaban J connectivity index is 2.10. The van der Waals surface area contributed by atoms with Crippen LogP contribution in [0.3, 0.4) is 0 Å². The molecule has 23 heavy (non-hydrogen) atoms. The fourth-order valence-corrected chi connectivity index (χ4v) is 3.21. The topological polar surface area (TPSA) is 85.9 Å². The van der Waals surface area contributed by atoms with Gasteiger partial charge in [-0.2, -0.15) is 0 Å². The van der Waals surface area contributed by atoms with Crippen molar-refractivity contribution >= 4 is 17.9 Å². The maximum absolute atomic E-state index is 12.3. The summed E-state index contributed by atoms with van der Waals surface area (Å²) >= 11 is 0. The van der Waals surface area contributed by atoms with Crippen molar-refractivity contribution in [2.45, 2.75) is 24.0 Å². The predicted molar refractivity (Wildman–Crippen MR) is 87.8 cm³/mol. The first-order valence-corrected chi connectivity index (χ1v) is 8.61. The van der Waals surface area contributed by atoms with E-state index in [2.05, 4.69) is 10.3 Å². The maximum atomic E-state index is 12.3. The number of hydrogen-bond acceptors (Lipinski definition) is 6. The summed E-state index contributed by atoms with van der Waals surface area (Å²) in [5.74, 6) is 0. The second-order valence-electron chi connectivity index (χ2n) is 5.28. The molecule has 0 radical (unpaired) electrons. The van der Waals surface area contributed by atoms with Gasteiger partial charge in [0.05, 0.1) is 22.9 Å². The lowest BCUT2D eigenvalue weighted by molar-refractivity contribution is -0.0187. The first-order valence-electron chi connectivity index (χ1n) is 7.12. The zero-order chi connectivity index (χ0) is 17.0. The third-order valence-electron chi connectivity index (χ3n) is 3.57. The maximum Gasteiger partial charge on any atom is 0.257 e. The molecule has 2 rings (SSSR count). The molecule has 1 aliphatic heterocycles. The van der Waals surface area contributed by atoms with Crippen LogP contribution in [0.5, 0.6) is 0 Å². The van der Waals surface area contributed by atoms with E-state index >= 15 is 0 Å². The Bertz CT molecular complexity index is 675. The van der Waals surface area contributed by atoms with Gasteiger partial charge in [-0.25, -0.2) is 8.42 Å². The first kappa shape index (κ1) is 17.8. The highest BCUT2D eigenvalue weighted by Crippen LogP contribution is 2.24. The van der Waals surface area contributed by atoms with Gasteiger partial charge >= 0.3 is 0 Å². The molecule has 2 atom stereocenters. The van der Waals surface area contributed by atoms with Crippen LogP contribution >= 0.6 is 0 Å². The molecule has 1 unspecified atom stereocenters. The van der Waals surface area contributed by atoms with Crippen molar-refractivity contribution in [3.63, 3.8) is 0 Å². The Kier molecular flexibility index (Phi) is 5.69. The van der Waals surface area contributed by atoms with Crippen LogP contribution in [0.25, 0.3) is 0 Å². The van der Waals surface area contributed by atoms with Gasteiger partial charge in [0.1, 0.15) is 6.10 Å². The number of benzene rings is 1. The molecule has 1 heterocycles. The SMILES string of the molecule is BC1=C(NNS(=O)(=O)c2ccc(C)cc2)C(OC)[C@H](COC)O1. The molecular formula is C14H21BN2O5S. The van der Waals surface area contributed by atoms with Gasteiger partial charge in [-0.3, -0.25) is 0 Å². The smallest absolute Gasteiger partial charge is 0.257 e. The van der Waals surface area contributed by atoms with Crippen LogP contribution in [-0.2, 0) is 24.2 Å². The summed E-state index contributed by atoms with van der Waals surface area (Å²) in [6.45, 7) is 2.23. The largest absolute Gasteiger partial charge is 0.498 e. The molecule has 0 aromatic heterocycles. The van der Waals surface area contributed by atoms with Gasteiger partial charge in [-0.05, 0) is 19.1 Å². The second-order valence-corrected chi connectivity index (χ2v) is 6.96. The van der Waals surface area contributed by atoms with Gasteiger partial charge in [-0.15, -0.1) is 4.83 Å². The van der Waals surface area contributed by atoms with E-state index in [1.165, 1.54) is 7.11 Å². The Hall–Kier alpha value is -1.55. The summed E-state index contributed by atoms with van der Waals surface area (Å²) in [5.41, 5.74) is 4.79. The minimum atomic E-state index is -3.69.